The number of aromatic nitrogens is 5. The van der Waals surface area contributed by atoms with E-state index >= 15 is 0 Å². The Balaban J connectivity index is 1.46. The first-order valence-electron chi connectivity index (χ1n) is 11.7. The first kappa shape index (κ1) is 23.4. The van der Waals surface area contributed by atoms with E-state index in [1.54, 1.807) is 9.36 Å². The van der Waals surface area contributed by atoms with Crippen LogP contribution >= 0.6 is 0 Å². The summed E-state index contributed by atoms with van der Waals surface area (Å²) in [6.45, 7) is 8.45. The third-order valence-electron chi connectivity index (χ3n) is 6.52. The van der Waals surface area contributed by atoms with Gasteiger partial charge in [-0.25, -0.2) is 4.68 Å². The van der Waals surface area contributed by atoms with E-state index in [9.17, 15) is 14.7 Å². The Kier molecular flexibility index (Phi) is 6.30. The molecule has 2 aliphatic rings. The summed E-state index contributed by atoms with van der Waals surface area (Å²) in [4.78, 5) is 28.3. The summed E-state index contributed by atoms with van der Waals surface area (Å²) in [5.41, 5.74) is 2.48. The van der Waals surface area contributed by atoms with Gasteiger partial charge in [-0.1, -0.05) is 26.0 Å². The molecule has 3 atom stereocenters. The van der Waals surface area contributed by atoms with Gasteiger partial charge in [-0.05, 0) is 37.2 Å². The van der Waals surface area contributed by atoms with Crippen LogP contribution < -0.4 is 5.32 Å². The maximum atomic E-state index is 13.7. The van der Waals surface area contributed by atoms with Gasteiger partial charge in [0.25, 0.3) is 0 Å². The van der Waals surface area contributed by atoms with E-state index in [1.807, 2.05) is 47.1 Å². The lowest BCUT2D eigenvalue weighted by Gasteiger charge is -2.34. The molecular formula is C23H35N7O3. The lowest BCUT2D eigenvalue weighted by molar-refractivity contribution is -0.144. The Morgan fingerprint density at radius 3 is 2.61 bits per heavy atom. The average Bonchev–Trinajstić information content (AvgIpc) is 3.18. The fourth-order valence-corrected chi connectivity index (χ4v) is 4.66. The maximum absolute atomic E-state index is 13.7. The molecule has 1 aliphatic heterocycles. The zero-order valence-corrected chi connectivity index (χ0v) is 20.2. The Morgan fingerprint density at radius 1 is 1.27 bits per heavy atom. The highest BCUT2D eigenvalue weighted by Crippen LogP contribution is 2.40. The van der Waals surface area contributed by atoms with Crippen LogP contribution in [0.2, 0.25) is 0 Å². The fourth-order valence-electron chi connectivity index (χ4n) is 4.66. The Morgan fingerprint density at radius 2 is 2.00 bits per heavy atom. The van der Waals surface area contributed by atoms with Crippen molar-refractivity contribution in [3.63, 3.8) is 0 Å². The SMILES string of the molecule is Cc1nn(C)cc1CCNC(=O)C1CC(O)CN1C(=O)[C@@H](n1cc(C2CC2)nn1)C(C)(C)C. The van der Waals surface area contributed by atoms with Gasteiger partial charge < -0.3 is 15.3 Å². The topological polar surface area (TPSA) is 118 Å². The van der Waals surface area contributed by atoms with Crippen molar-refractivity contribution >= 4 is 11.8 Å². The number of rotatable bonds is 7. The van der Waals surface area contributed by atoms with Gasteiger partial charge >= 0.3 is 0 Å². The molecule has 10 heteroatoms. The molecule has 2 fully saturated rings. The molecule has 10 nitrogen and oxygen atoms in total. The van der Waals surface area contributed by atoms with Crippen molar-refractivity contribution in [1.29, 1.82) is 0 Å². The van der Waals surface area contributed by atoms with E-state index in [-0.39, 0.29) is 24.8 Å². The molecule has 2 unspecified atom stereocenters. The molecule has 0 spiro atoms. The number of aryl methyl sites for hydroxylation is 2. The van der Waals surface area contributed by atoms with Crippen molar-refractivity contribution in [1.82, 2.24) is 35.0 Å². The molecule has 2 aromatic heterocycles. The molecule has 1 saturated heterocycles. The van der Waals surface area contributed by atoms with Crippen LogP contribution in [-0.4, -0.2) is 71.8 Å². The van der Waals surface area contributed by atoms with Gasteiger partial charge in [0.15, 0.2) is 0 Å². The normalized spacial score (nSPS) is 21.9. The second-order valence-electron chi connectivity index (χ2n) is 10.5. The second kappa shape index (κ2) is 8.89. The predicted octanol–water partition coefficient (Wildman–Crippen LogP) is 1.11. The largest absolute Gasteiger partial charge is 0.391 e. The molecule has 0 radical (unpaired) electrons. The molecule has 1 saturated carbocycles. The number of likely N-dealkylation sites (tertiary alicyclic amines) is 1. The highest BCUT2D eigenvalue weighted by Gasteiger charge is 2.45. The van der Waals surface area contributed by atoms with Crippen LogP contribution in [0.1, 0.15) is 68.9 Å². The Labute approximate surface area is 194 Å². The van der Waals surface area contributed by atoms with Gasteiger partial charge in [0.2, 0.25) is 11.8 Å². The molecule has 0 aromatic carbocycles. The quantitative estimate of drug-likeness (QED) is 0.643. The number of hydrogen-bond donors (Lipinski definition) is 2. The van der Waals surface area contributed by atoms with Crippen molar-refractivity contribution in [3.05, 3.63) is 29.3 Å². The standard InChI is InChI=1S/C23H35N7O3/c1-14-16(11-28(5)26-14)8-9-24-21(32)19-10-17(31)12-29(19)22(33)20(23(2,3)4)30-13-18(25-27-30)15-6-7-15/h11,13,15,17,19-20,31H,6-10,12H2,1-5H3,(H,24,32)/t17?,19?,20-/m1/s1. The van der Waals surface area contributed by atoms with Crippen LogP contribution in [0.3, 0.4) is 0 Å². The van der Waals surface area contributed by atoms with Crippen LogP contribution in [0.25, 0.3) is 0 Å². The Bertz CT molecular complexity index is 1020. The lowest BCUT2D eigenvalue weighted by Crippen LogP contribution is -2.50. The van der Waals surface area contributed by atoms with Crippen LogP contribution in [0.4, 0.5) is 0 Å². The highest BCUT2D eigenvalue weighted by molar-refractivity contribution is 5.90. The van der Waals surface area contributed by atoms with E-state index in [0.717, 1.165) is 29.8 Å². The van der Waals surface area contributed by atoms with Gasteiger partial charge in [-0.2, -0.15) is 5.10 Å². The summed E-state index contributed by atoms with van der Waals surface area (Å²) in [6.07, 6.45) is 6.16. The van der Waals surface area contributed by atoms with Crippen molar-refractivity contribution in [2.75, 3.05) is 13.1 Å². The van der Waals surface area contributed by atoms with E-state index in [1.165, 1.54) is 4.90 Å². The molecule has 2 N–H and O–H groups in total. The summed E-state index contributed by atoms with van der Waals surface area (Å²) in [7, 11) is 1.87. The molecule has 180 valence electrons. The predicted molar refractivity (Wildman–Crippen MR) is 121 cm³/mol. The summed E-state index contributed by atoms with van der Waals surface area (Å²) >= 11 is 0. The van der Waals surface area contributed by atoms with Crippen molar-refractivity contribution < 1.29 is 14.7 Å². The van der Waals surface area contributed by atoms with Crippen molar-refractivity contribution in [2.45, 2.75) is 77.5 Å². The number of nitrogens with one attached hydrogen (secondary N) is 1. The number of nitrogens with zero attached hydrogens (tertiary/aromatic N) is 6. The third-order valence-corrected chi connectivity index (χ3v) is 6.52. The van der Waals surface area contributed by atoms with Gasteiger partial charge in [-0.3, -0.25) is 14.3 Å². The number of β-amino-alcohol motifs (C(OH)–C–C–N with tert-alkyl or cyclic N) is 1. The Hall–Kier alpha value is -2.75. The number of hydrogen-bond acceptors (Lipinski definition) is 6. The first-order chi connectivity index (χ1) is 15.5. The van der Waals surface area contributed by atoms with E-state index in [0.29, 0.717) is 18.9 Å². The van der Waals surface area contributed by atoms with E-state index in [2.05, 4.69) is 20.7 Å². The number of carbonyl (C=O) groups is 2. The van der Waals surface area contributed by atoms with Crippen molar-refractivity contribution in [2.24, 2.45) is 12.5 Å². The minimum Gasteiger partial charge on any atom is -0.391 e. The number of carbonyl (C=O) groups excluding carboxylic acids is 2. The minimum atomic E-state index is -0.733. The number of aliphatic hydroxyl groups is 1. The average molecular weight is 458 g/mol. The first-order valence-corrected chi connectivity index (χ1v) is 11.7. The van der Waals surface area contributed by atoms with Crippen LogP contribution in [-0.2, 0) is 23.1 Å². The van der Waals surface area contributed by atoms with Gasteiger partial charge in [0.05, 0.1) is 17.5 Å². The van der Waals surface area contributed by atoms with E-state index < -0.39 is 23.6 Å². The van der Waals surface area contributed by atoms with Gasteiger partial charge in [0, 0.05) is 44.9 Å². The molecule has 3 heterocycles. The molecular weight excluding hydrogens is 422 g/mol. The number of amides is 2. The molecule has 0 bridgehead atoms. The maximum Gasteiger partial charge on any atom is 0.248 e. The van der Waals surface area contributed by atoms with Crippen LogP contribution in [0.15, 0.2) is 12.4 Å². The van der Waals surface area contributed by atoms with Gasteiger partial charge in [0.1, 0.15) is 12.1 Å². The monoisotopic (exact) mass is 457 g/mol. The molecule has 2 aromatic rings. The summed E-state index contributed by atoms with van der Waals surface area (Å²) in [5, 5.41) is 26.1. The van der Waals surface area contributed by atoms with E-state index in [4.69, 9.17) is 0 Å². The zero-order chi connectivity index (χ0) is 23.9. The van der Waals surface area contributed by atoms with Crippen molar-refractivity contribution in [3.8, 4) is 0 Å². The highest BCUT2D eigenvalue weighted by atomic mass is 16.3. The second-order valence-corrected chi connectivity index (χ2v) is 10.5. The van der Waals surface area contributed by atoms with Gasteiger partial charge in [-0.15, -0.1) is 5.10 Å². The third kappa shape index (κ3) is 5.10. The fraction of sp³-hybridized carbons (Fsp3) is 0.696. The minimum absolute atomic E-state index is 0.134. The van der Waals surface area contributed by atoms with Crippen LogP contribution in [0.5, 0.6) is 0 Å². The van der Waals surface area contributed by atoms with Crippen LogP contribution in [0, 0.1) is 12.3 Å². The smallest absolute Gasteiger partial charge is 0.248 e. The summed E-state index contributed by atoms with van der Waals surface area (Å²) in [6, 6.07) is -1.32. The molecule has 33 heavy (non-hydrogen) atoms. The molecule has 4 rings (SSSR count). The summed E-state index contributed by atoms with van der Waals surface area (Å²) < 4.78 is 3.40. The zero-order valence-electron chi connectivity index (χ0n) is 20.2. The molecule has 1 aliphatic carbocycles. The lowest BCUT2D eigenvalue weighted by atomic mass is 9.85. The molecule has 2 amide bonds. The summed E-state index contributed by atoms with van der Waals surface area (Å²) in [5.74, 6) is -0.0223. The number of aliphatic hydroxyl groups excluding tert-OH is 1.